The van der Waals surface area contributed by atoms with Gasteiger partial charge in [0.05, 0.1) is 0 Å². The van der Waals surface area contributed by atoms with E-state index in [2.05, 4.69) is 42.0 Å². The molecule has 1 aromatic heterocycles. The van der Waals surface area contributed by atoms with Crippen molar-refractivity contribution in [3.8, 4) is 5.75 Å². The standard InChI is InChI=1S/C20H25N3O3/c1-19(2)13-16-12-15(4-5-17(16)26-19)14-22-10-6-20(7-11-22,18(24)25)23-9-3-8-21-23/h3-5,8-9,12H,6-7,10-11,13-14H2,1-2H3,(H,24,25). The van der Waals surface area contributed by atoms with Crippen LogP contribution in [-0.2, 0) is 23.3 Å². The maximum Gasteiger partial charge on any atom is 0.331 e. The first-order valence-electron chi connectivity index (χ1n) is 9.15. The van der Waals surface area contributed by atoms with E-state index in [0.717, 1.165) is 31.8 Å². The fraction of sp³-hybridized carbons (Fsp3) is 0.500. The number of benzene rings is 1. The van der Waals surface area contributed by atoms with Crippen molar-refractivity contribution in [3.05, 3.63) is 47.8 Å². The highest BCUT2D eigenvalue weighted by molar-refractivity contribution is 5.76. The second-order valence-corrected chi connectivity index (χ2v) is 8.04. The predicted molar refractivity (Wildman–Crippen MR) is 97.2 cm³/mol. The molecule has 4 rings (SSSR count). The molecule has 26 heavy (non-hydrogen) atoms. The number of fused-ring (bicyclic) bond motifs is 1. The molecule has 1 saturated heterocycles. The number of aliphatic carboxylic acids is 1. The molecule has 0 saturated carbocycles. The van der Waals surface area contributed by atoms with Gasteiger partial charge in [0.2, 0.25) is 0 Å². The molecule has 0 spiro atoms. The third-order valence-corrected chi connectivity index (χ3v) is 5.56. The Morgan fingerprint density at radius 1 is 1.31 bits per heavy atom. The van der Waals surface area contributed by atoms with Gasteiger partial charge >= 0.3 is 5.97 Å². The fourth-order valence-electron chi connectivity index (χ4n) is 4.16. The molecule has 2 aliphatic heterocycles. The normalized spacial score (nSPS) is 21.2. The van der Waals surface area contributed by atoms with Gasteiger partial charge in [0.25, 0.3) is 0 Å². The van der Waals surface area contributed by atoms with E-state index < -0.39 is 11.5 Å². The number of hydrogen-bond acceptors (Lipinski definition) is 4. The summed E-state index contributed by atoms with van der Waals surface area (Å²) < 4.78 is 7.56. The maximum atomic E-state index is 11.9. The van der Waals surface area contributed by atoms with Crippen molar-refractivity contribution >= 4 is 5.97 Å². The largest absolute Gasteiger partial charge is 0.487 e. The number of nitrogens with zero attached hydrogens (tertiary/aromatic N) is 3. The first-order chi connectivity index (χ1) is 12.4. The Morgan fingerprint density at radius 2 is 2.08 bits per heavy atom. The number of hydrogen-bond donors (Lipinski definition) is 1. The lowest BCUT2D eigenvalue weighted by atomic mass is 9.87. The first-order valence-corrected chi connectivity index (χ1v) is 9.15. The van der Waals surface area contributed by atoms with Crippen molar-refractivity contribution in [3.63, 3.8) is 0 Å². The Labute approximate surface area is 153 Å². The lowest BCUT2D eigenvalue weighted by molar-refractivity contribution is -0.151. The molecule has 6 nitrogen and oxygen atoms in total. The number of carboxylic acid groups (broad SMARTS) is 1. The van der Waals surface area contributed by atoms with Gasteiger partial charge in [-0.2, -0.15) is 5.10 Å². The molecule has 1 aromatic carbocycles. The third-order valence-electron chi connectivity index (χ3n) is 5.56. The van der Waals surface area contributed by atoms with Gasteiger partial charge in [0.15, 0.2) is 5.54 Å². The molecule has 0 radical (unpaired) electrons. The van der Waals surface area contributed by atoms with Crippen LogP contribution in [0.4, 0.5) is 0 Å². The summed E-state index contributed by atoms with van der Waals surface area (Å²) in [4.78, 5) is 14.3. The minimum Gasteiger partial charge on any atom is -0.487 e. The summed E-state index contributed by atoms with van der Waals surface area (Å²) in [5.41, 5.74) is 1.47. The minimum absolute atomic E-state index is 0.128. The van der Waals surface area contributed by atoms with Crippen molar-refractivity contribution in [2.24, 2.45) is 0 Å². The van der Waals surface area contributed by atoms with Gasteiger partial charge in [-0.3, -0.25) is 9.58 Å². The Bertz CT molecular complexity index is 806. The van der Waals surface area contributed by atoms with E-state index in [1.165, 1.54) is 11.1 Å². The van der Waals surface area contributed by atoms with E-state index in [1.807, 2.05) is 0 Å². The van der Waals surface area contributed by atoms with Gasteiger partial charge in [-0.1, -0.05) is 12.1 Å². The van der Waals surface area contributed by atoms with Crippen LogP contribution in [0.15, 0.2) is 36.7 Å². The highest BCUT2D eigenvalue weighted by Gasteiger charge is 2.43. The molecule has 6 heteroatoms. The van der Waals surface area contributed by atoms with Crippen LogP contribution in [0.2, 0.25) is 0 Å². The lowest BCUT2D eigenvalue weighted by Crippen LogP contribution is -2.51. The maximum absolute atomic E-state index is 11.9. The molecule has 138 valence electrons. The zero-order valence-electron chi connectivity index (χ0n) is 15.3. The number of carboxylic acids is 1. The van der Waals surface area contributed by atoms with Crippen LogP contribution in [0, 0.1) is 0 Å². The third kappa shape index (κ3) is 2.98. The molecular weight excluding hydrogens is 330 g/mol. The second-order valence-electron chi connectivity index (χ2n) is 8.04. The number of ether oxygens (including phenoxy) is 1. The Balaban J connectivity index is 1.44. The zero-order chi connectivity index (χ0) is 18.4. The molecule has 1 N–H and O–H groups in total. The van der Waals surface area contributed by atoms with E-state index >= 15 is 0 Å². The van der Waals surface area contributed by atoms with Crippen LogP contribution in [0.1, 0.15) is 37.8 Å². The van der Waals surface area contributed by atoms with E-state index in [9.17, 15) is 9.90 Å². The van der Waals surface area contributed by atoms with Crippen molar-refractivity contribution in [2.75, 3.05) is 13.1 Å². The van der Waals surface area contributed by atoms with Crippen LogP contribution < -0.4 is 4.74 Å². The molecule has 2 aromatic rings. The Kier molecular flexibility index (Phi) is 4.03. The molecule has 0 aliphatic carbocycles. The average Bonchev–Trinajstić information content (AvgIpc) is 3.21. The Hall–Kier alpha value is -2.34. The molecule has 2 aliphatic rings. The molecular formula is C20H25N3O3. The molecule has 0 atom stereocenters. The summed E-state index contributed by atoms with van der Waals surface area (Å²) in [6, 6.07) is 8.20. The summed E-state index contributed by atoms with van der Waals surface area (Å²) in [5, 5.41) is 14.0. The molecule has 0 unspecified atom stereocenters. The molecule has 0 bridgehead atoms. The summed E-state index contributed by atoms with van der Waals surface area (Å²) >= 11 is 0. The lowest BCUT2D eigenvalue weighted by Gasteiger charge is -2.39. The average molecular weight is 355 g/mol. The number of rotatable bonds is 4. The number of piperidine rings is 1. The van der Waals surface area contributed by atoms with E-state index in [-0.39, 0.29) is 5.60 Å². The van der Waals surface area contributed by atoms with Crippen LogP contribution >= 0.6 is 0 Å². The summed E-state index contributed by atoms with van der Waals surface area (Å²) in [6.45, 7) is 6.54. The van der Waals surface area contributed by atoms with Crippen LogP contribution in [0.5, 0.6) is 5.75 Å². The van der Waals surface area contributed by atoms with Crippen molar-refractivity contribution in [2.45, 2.75) is 50.8 Å². The zero-order valence-corrected chi connectivity index (χ0v) is 15.3. The smallest absolute Gasteiger partial charge is 0.331 e. The van der Waals surface area contributed by atoms with Gasteiger partial charge < -0.3 is 9.84 Å². The quantitative estimate of drug-likeness (QED) is 0.913. The van der Waals surface area contributed by atoms with E-state index in [4.69, 9.17) is 4.74 Å². The molecule has 1 fully saturated rings. The first kappa shape index (κ1) is 17.1. The minimum atomic E-state index is -0.921. The van der Waals surface area contributed by atoms with Crippen molar-refractivity contribution in [1.29, 1.82) is 0 Å². The van der Waals surface area contributed by atoms with Crippen LogP contribution in [0.3, 0.4) is 0 Å². The second kappa shape index (κ2) is 6.13. The summed E-state index contributed by atoms with van der Waals surface area (Å²) in [6.07, 6.45) is 5.45. The van der Waals surface area contributed by atoms with Crippen molar-refractivity contribution in [1.82, 2.24) is 14.7 Å². The Morgan fingerprint density at radius 3 is 2.73 bits per heavy atom. The van der Waals surface area contributed by atoms with Gasteiger partial charge in [-0.05, 0) is 49.9 Å². The van der Waals surface area contributed by atoms with Gasteiger partial charge in [0.1, 0.15) is 11.4 Å². The molecule has 0 amide bonds. The predicted octanol–water partition coefficient (Wildman–Crippen LogP) is 2.67. The summed E-state index contributed by atoms with van der Waals surface area (Å²) in [7, 11) is 0. The highest BCUT2D eigenvalue weighted by Crippen LogP contribution is 2.36. The van der Waals surface area contributed by atoms with Gasteiger partial charge in [-0.15, -0.1) is 0 Å². The number of aromatic nitrogens is 2. The number of likely N-dealkylation sites (tertiary alicyclic amines) is 1. The van der Waals surface area contributed by atoms with E-state index in [1.54, 1.807) is 23.1 Å². The SMILES string of the molecule is CC1(C)Cc2cc(CN3CCC(C(=O)O)(n4cccn4)CC3)ccc2O1. The molecule has 3 heterocycles. The van der Waals surface area contributed by atoms with Crippen molar-refractivity contribution < 1.29 is 14.6 Å². The number of carbonyl (C=O) groups is 1. The van der Waals surface area contributed by atoms with Crippen LogP contribution in [0.25, 0.3) is 0 Å². The van der Waals surface area contributed by atoms with E-state index in [0.29, 0.717) is 12.8 Å². The highest BCUT2D eigenvalue weighted by atomic mass is 16.5. The fourth-order valence-corrected chi connectivity index (χ4v) is 4.16. The summed E-state index contributed by atoms with van der Waals surface area (Å²) in [5.74, 6) is 0.193. The van der Waals surface area contributed by atoms with Gasteiger partial charge in [-0.25, -0.2) is 4.79 Å². The topological polar surface area (TPSA) is 67.6 Å². The van der Waals surface area contributed by atoms with Gasteiger partial charge in [0, 0.05) is 38.4 Å². The van der Waals surface area contributed by atoms with Crippen LogP contribution in [-0.4, -0.2) is 44.4 Å². The monoisotopic (exact) mass is 355 g/mol.